The number of hydrogen-bond acceptors (Lipinski definition) is 2. The molecule has 2 N–H and O–H groups in total. The molecular formula is C19H40O2. The second-order valence-electron chi connectivity index (χ2n) is 6.73. The van der Waals surface area contributed by atoms with Gasteiger partial charge in [-0.2, -0.15) is 0 Å². The van der Waals surface area contributed by atoms with Crippen LogP contribution in [0, 0.1) is 0 Å². The summed E-state index contributed by atoms with van der Waals surface area (Å²) in [6.45, 7) is 4.45. The molecule has 0 spiro atoms. The van der Waals surface area contributed by atoms with Gasteiger partial charge in [-0.3, -0.25) is 0 Å². The van der Waals surface area contributed by atoms with Gasteiger partial charge in [-0.15, -0.1) is 0 Å². The van der Waals surface area contributed by atoms with Crippen molar-refractivity contribution in [3.8, 4) is 0 Å². The third-order valence-electron chi connectivity index (χ3n) is 4.36. The van der Waals surface area contributed by atoms with Crippen molar-refractivity contribution < 1.29 is 10.2 Å². The van der Waals surface area contributed by atoms with Crippen molar-refractivity contribution >= 4 is 0 Å². The second-order valence-corrected chi connectivity index (χ2v) is 6.73. The summed E-state index contributed by atoms with van der Waals surface area (Å²) in [5, 5.41) is 19.9. The van der Waals surface area contributed by atoms with Crippen LogP contribution in [0.25, 0.3) is 0 Å². The van der Waals surface area contributed by atoms with Crippen LogP contribution < -0.4 is 0 Å². The molecule has 0 atom stereocenters. The highest BCUT2D eigenvalue weighted by molar-refractivity contribution is 4.65. The Labute approximate surface area is 133 Å². The Hall–Kier alpha value is -0.0800. The molecule has 0 bridgehead atoms. The van der Waals surface area contributed by atoms with E-state index in [0.29, 0.717) is 12.8 Å². The molecule has 0 unspecified atom stereocenters. The molecule has 0 heterocycles. The molecule has 0 aliphatic rings. The average Bonchev–Trinajstić information content (AvgIpc) is 2.45. The smallest absolute Gasteiger partial charge is 0.162 e. The maximum atomic E-state index is 9.93. The molecule has 0 radical (unpaired) electrons. The van der Waals surface area contributed by atoms with E-state index in [1.54, 1.807) is 0 Å². The first kappa shape index (κ1) is 20.9. The lowest BCUT2D eigenvalue weighted by Crippen LogP contribution is -2.27. The zero-order chi connectivity index (χ0) is 15.8. The minimum absolute atomic E-state index is 0.549. The standard InChI is InChI=1S/C19H40O2/c1-3-5-7-9-10-11-12-14-16-18-19(20,21)17-15-13-8-6-4-2/h20-21H,3-18H2,1-2H3. The van der Waals surface area contributed by atoms with Crippen molar-refractivity contribution in [1.82, 2.24) is 0 Å². The van der Waals surface area contributed by atoms with Crippen molar-refractivity contribution in [3.63, 3.8) is 0 Å². The van der Waals surface area contributed by atoms with Gasteiger partial charge in [-0.05, 0) is 12.8 Å². The fourth-order valence-electron chi connectivity index (χ4n) is 2.86. The summed E-state index contributed by atoms with van der Waals surface area (Å²) in [6, 6.07) is 0. The van der Waals surface area contributed by atoms with E-state index in [-0.39, 0.29) is 0 Å². The van der Waals surface area contributed by atoms with E-state index in [0.717, 1.165) is 25.7 Å². The van der Waals surface area contributed by atoms with Gasteiger partial charge in [-0.1, -0.05) is 90.9 Å². The quantitative estimate of drug-likeness (QED) is 0.273. The minimum Gasteiger partial charge on any atom is -0.366 e. The molecule has 0 saturated carbocycles. The van der Waals surface area contributed by atoms with Crippen LogP contribution in [0.15, 0.2) is 0 Å². The second kappa shape index (κ2) is 14.8. The van der Waals surface area contributed by atoms with Gasteiger partial charge in [-0.25, -0.2) is 0 Å². The molecule has 0 fully saturated rings. The molecule has 2 heteroatoms. The van der Waals surface area contributed by atoms with Crippen LogP contribution in [-0.4, -0.2) is 16.0 Å². The molecule has 0 aromatic rings. The molecule has 2 nitrogen and oxygen atoms in total. The predicted molar refractivity (Wildman–Crippen MR) is 92.4 cm³/mol. The van der Waals surface area contributed by atoms with E-state index < -0.39 is 5.79 Å². The summed E-state index contributed by atoms with van der Waals surface area (Å²) >= 11 is 0. The van der Waals surface area contributed by atoms with Crippen LogP contribution >= 0.6 is 0 Å². The molecule has 0 amide bonds. The molecule has 0 aliphatic heterocycles. The van der Waals surface area contributed by atoms with Crippen molar-refractivity contribution in [2.75, 3.05) is 0 Å². The first-order valence-corrected chi connectivity index (χ1v) is 9.57. The van der Waals surface area contributed by atoms with Crippen molar-refractivity contribution in [3.05, 3.63) is 0 Å². The Morgan fingerprint density at radius 1 is 0.476 bits per heavy atom. The summed E-state index contributed by atoms with van der Waals surface area (Å²) in [5.74, 6) is -1.41. The van der Waals surface area contributed by atoms with Crippen LogP contribution in [0.4, 0.5) is 0 Å². The molecule has 0 aromatic carbocycles. The zero-order valence-electron chi connectivity index (χ0n) is 14.7. The first-order valence-electron chi connectivity index (χ1n) is 9.57. The highest BCUT2D eigenvalue weighted by Gasteiger charge is 2.21. The Morgan fingerprint density at radius 3 is 1.10 bits per heavy atom. The maximum absolute atomic E-state index is 9.93. The molecule has 128 valence electrons. The monoisotopic (exact) mass is 300 g/mol. The summed E-state index contributed by atoms with van der Waals surface area (Å²) in [4.78, 5) is 0. The Kier molecular flexibility index (Phi) is 14.8. The van der Waals surface area contributed by atoms with E-state index in [2.05, 4.69) is 13.8 Å². The van der Waals surface area contributed by atoms with Gasteiger partial charge < -0.3 is 10.2 Å². The average molecular weight is 301 g/mol. The number of aliphatic hydroxyl groups is 2. The van der Waals surface area contributed by atoms with E-state index >= 15 is 0 Å². The van der Waals surface area contributed by atoms with Crippen LogP contribution in [-0.2, 0) is 0 Å². The van der Waals surface area contributed by atoms with Gasteiger partial charge >= 0.3 is 0 Å². The van der Waals surface area contributed by atoms with Crippen LogP contribution in [0.3, 0.4) is 0 Å². The SMILES string of the molecule is CCCCCCCCCCCC(O)(O)CCCCCCC. The fraction of sp³-hybridized carbons (Fsp3) is 1.00. The highest BCUT2D eigenvalue weighted by Crippen LogP contribution is 2.20. The normalized spacial score (nSPS) is 12.0. The highest BCUT2D eigenvalue weighted by atomic mass is 16.5. The molecule has 0 rings (SSSR count). The lowest BCUT2D eigenvalue weighted by Gasteiger charge is -2.21. The van der Waals surface area contributed by atoms with E-state index in [4.69, 9.17) is 0 Å². The maximum Gasteiger partial charge on any atom is 0.162 e. The lowest BCUT2D eigenvalue weighted by molar-refractivity contribution is -0.172. The molecule has 0 aromatic heterocycles. The molecular weight excluding hydrogens is 260 g/mol. The topological polar surface area (TPSA) is 40.5 Å². The van der Waals surface area contributed by atoms with Crippen molar-refractivity contribution in [2.24, 2.45) is 0 Å². The molecule has 0 saturated heterocycles. The van der Waals surface area contributed by atoms with Gasteiger partial charge in [0.2, 0.25) is 0 Å². The summed E-state index contributed by atoms with van der Waals surface area (Å²) in [5.41, 5.74) is 0. The first-order chi connectivity index (χ1) is 10.1. The van der Waals surface area contributed by atoms with Gasteiger partial charge in [0, 0.05) is 12.8 Å². The summed E-state index contributed by atoms with van der Waals surface area (Å²) < 4.78 is 0. The van der Waals surface area contributed by atoms with Crippen molar-refractivity contribution in [1.29, 1.82) is 0 Å². The largest absolute Gasteiger partial charge is 0.366 e. The van der Waals surface area contributed by atoms with Crippen LogP contribution in [0.1, 0.15) is 117 Å². The summed E-state index contributed by atoms with van der Waals surface area (Å²) in [7, 11) is 0. The molecule has 21 heavy (non-hydrogen) atoms. The molecule has 0 aliphatic carbocycles. The Morgan fingerprint density at radius 2 is 0.762 bits per heavy atom. The third-order valence-corrected chi connectivity index (χ3v) is 4.36. The van der Waals surface area contributed by atoms with Gasteiger partial charge in [0.25, 0.3) is 0 Å². The Balaban J connectivity index is 3.32. The van der Waals surface area contributed by atoms with Gasteiger partial charge in [0.1, 0.15) is 0 Å². The minimum atomic E-state index is -1.41. The number of unbranched alkanes of at least 4 members (excludes halogenated alkanes) is 12. The lowest BCUT2D eigenvalue weighted by atomic mass is 9.99. The Bertz CT molecular complexity index is 202. The fourth-order valence-corrected chi connectivity index (χ4v) is 2.86. The van der Waals surface area contributed by atoms with Crippen molar-refractivity contribution in [2.45, 2.75) is 122 Å². The third kappa shape index (κ3) is 16.1. The predicted octanol–water partition coefficient (Wildman–Crippen LogP) is 5.95. The summed E-state index contributed by atoms with van der Waals surface area (Å²) in [6.07, 6.45) is 18.4. The number of hydrogen-bond donors (Lipinski definition) is 2. The van der Waals surface area contributed by atoms with Gasteiger partial charge in [0.05, 0.1) is 0 Å². The van der Waals surface area contributed by atoms with Crippen LogP contribution in [0.2, 0.25) is 0 Å². The zero-order valence-corrected chi connectivity index (χ0v) is 14.7. The van der Waals surface area contributed by atoms with E-state index in [1.165, 1.54) is 64.2 Å². The van der Waals surface area contributed by atoms with E-state index in [1.807, 2.05) is 0 Å². The number of rotatable bonds is 16. The van der Waals surface area contributed by atoms with Crippen LogP contribution in [0.5, 0.6) is 0 Å². The van der Waals surface area contributed by atoms with Gasteiger partial charge in [0.15, 0.2) is 5.79 Å². The van der Waals surface area contributed by atoms with E-state index in [9.17, 15) is 10.2 Å².